The zero-order chi connectivity index (χ0) is 32.9. The van der Waals surface area contributed by atoms with Crippen LogP contribution in [-0.2, 0) is 12.8 Å². The molecule has 7 aromatic rings. The van der Waals surface area contributed by atoms with Crippen LogP contribution in [0.3, 0.4) is 0 Å². The summed E-state index contributed by atoms with van der Waals surface area (Å²) in [6, 6.07) is 41.1. The number of amides is 1. The minimum atomic E-state index is -0.0819. The van der Waals surface area contributed by atoms with Crippen molar-refractivity contribution >= 4 is 49.6 Å². The molecule has 1 amide bonds. The molecule has 6 aromatic carbocycles. The molecule has 1 saturated heterocycles. The van der Waals surface area contributed by atoms with Gasteiger partial charge in [0.15, 0.2) is 0 Å². The van der Waals surface area contributed by atoms with E-state index in [-0.39, 0.29) is 5.91 Å². The lowest BCUT2D eigenvalue weighted by atomic mass is 9.77. The van der Waals surface area contributed by atoms with Crippen molar-refractivity contribution in [1.82, 2.24) is 9.47 Å². The number of nitrogens with one attached hydrogen (secondary N) is 1. The first kappa shape index (κ1) is 29.7. The third-order valence-corrected chi connectivity index (χ3v) is 11.0. The average Bonchev–Trinajstić information content (AvgIpc) is 3.70. The van der Waals surface area contributed by atoms with Gasteiger partial charge in [0.1, 0.15) is 0 Å². The zero-order valence-corrected chi connectivity index (χ0v) is 27.9. The highest BCUT2D eigenvalue weighted by atomic mass is 16.1. The number of carbonyl (C=O) groups excluding carboxylic acids is 1. The van der Waals surface area contributed by atoms with Crippen molar-refractivity contribution in [2.45, 2.75) is 25.2 Å². The van der Waals surface area contributed by atoms with E-state index in [1.807, 2.05) is 53.4 Å². The highest BCUT2D eigenvalue weighted by molar-refractivity contribution is 6.11. The molecule has 0 spiro atoms. The summed E-state index contributed by atoms with van der Waals surface area (Å²) in [6.45, 7) is 4.38. The minimum Gasteiger partial charge on any atom is -0.369 e. The standard InChI is InChI=1S/C44H40N4O/c1-46-24-26-48(27-25-46)36-16-21-38-34(29-36)13-20-41-37-17-11-33(28-32(37)12-19-42(38)41)40-18-10-30-6-2-3-7-39(30)43(40)45-44(49)31-8-14-35(15-9-31)47-22-4-5-23-47/h2-10,12-16,18-23,29,33H,11,17,24-28H2,1H3,(H,45,49). The van der Waals surface area contributed by atoms with E-state index in [1.54, 1.807) is 0 Å². The van der Waals surface area contributed by atoms with Gasteiger partial charge in [-0.2, -0.15) is 0 Å². The molecule has 1 unspecified atom stereocenters. The third kappa shape index (κ3) is 5.44. The second-order valence-corrected chi connectivity index (χ2v) is 13.8. The first-order valence-electron chi connectivity index (χ1n) is 17.6. The molecule has 0 radical (unpaired) electrons. The van der Waals surface area contributed by atoms with E-state index >= 15 is 0 Å². The van der Waals surface area contributed by atoms with E-state index < -0.39 is 0 Å². The number of rotatable bonds is 5. The van der Waals surface area contributed by atoms with Crippen LogP contribution in [0, 0.1) is 0 Å². The van der Waals surface area contributed by atoms with Crippen molar-refractivity contribution in [3.8, 4) is 5.69 Å². The van der Waals surface area contributed by atoms with Gasteiger partial charge in [-0.05, 0) is 124 Å². The second-order valence-electron chi connectivity index (χ2n) is 13.8. The quantitative estimate of drug-likeness (QED) is 0.191. The molecule has 1 aliphatic heterocycles. The molecule has 5 nitrogen and oxygen atoms in total. The van der Waals surface area contributed by atoms with Crippen molar-refractivity contribution in [2.75, 3.05) is 43.4 Å². The van der Waals surface area contributed by atoms with Crippen molar-refractivity contribution in [3.63, 3.8) is 0 Å². The number of aryl methyl sites for hydroxylation is 1. The number of carbonyl (C=O) groups is 1. The van der Waals surface area contributed by atoms with Gasteiger partial charge in [-0.15, -0.1) is 0 Å². The first-order chi connectivity index (χ1) is 24.1. The molecule has 1 fully saturated rings. The van der Waals surface area contributed by atoms with Crippen LogP contribution in [0.5, 0.6) is 0 Å². The van der Waals surface area contributed by atoms with Crippen LogP contribution in [0.4, 0.5) is 11.4 Å². The predicted octanol–water partition coefficient (Wildman–Crippen LogP) is 9.21. The SMILES string of the molecule is CN1CCN(c2ccc3c(ccc4c5c(ccc43)CC(c3ccc4ccccc4c3NC(=O)c3ccc(-n4cccc4)cc3)CC5)c2)CC1. The Morgan fingerprint density at radius 1 is 0.673 bits per heavy atom. The monoisotopic (exact) mass is 640 g/mol. The van der Waals surface area contributed by atoms with E-state index in [1.165, 1.54) is 43.9 Å². The van der Waals surface area contributed by atoms with Gasteiger partial charge in [-0.3, -0.25) is 4.79 Å². The lowest BCUT2D eigenvalue weighted by Gasteiger charge is -2.34. The third-order valence-electron chi connectivity index (χ3n) is 11.0. The molecule has 242 valence electrons. The Hall–Kier alpha value is -5.39. The Labute approximate surface area is 287 Å². The molecular weight excluding hydrogens is 601 g/mol. The Bertz CT molecular complexity index is 2330. The summed E-state index contributed by atoms with van der Waals surface area (Å²) in [5.74, 6) is 0.231. The topological polar surface area (TPSA) is 40.5 Å². The fraction of sp³-hybridized carbons (Fsp3) is 0.205. The van der Waals surface area contributed by atoms with Crippen molar-refractivity contribution in [3.05, 3.63) is 150 Å². The molecule has 2 heterocycles. The highest BCUT2D eigenvalue weighted by Crippen LogP contribution is 2.42. The van der Waals surface area contributed by atoms with Crippen LogP contribution < -0.4 is 10.2 Å². The number of likely N-dealkylation sites (N-methyl/N-ethyl adjacent to an activating group) is 1. The largest absolute Gasteiger partial charge is 0.369 e. The summed E-state index contributed by atoms with van der Waals surface area (Å²) in [4.78, 5) is 18.7. The predicted molar refractivity (Wildman–Crippen MR) is 204 cm³/mol. The first-order valence-corrected chi connectivity index (χ1v) is 17.6. The van der Waals surface area contributed by atoms with E-state index in [0.29, 0.717) is 11.5 Å². The number of anilines is 2. The van der Waals surface area contributed by atoms with Crippen LogP contribution in [-0.4, -0.2) is 48.6 Å². The Morgan fingerprint density at radius 3 is 2.24 bits per heavy atom. The maximum atomic E-state index is 13.7. The molecule has 1 N–H and O–H groups in total. The van der Waals surface area contributed by atoms with Crippen molar-refractivity contribution in [1.29, 1.82) is 0 Å². The summed E-state index contributed by atoms with van der Waals surface area (Å²) >= 11 is 0. The molecular formula is C44H40N4O. The number of hydrogen-bond donors (Lipinski definition) is 1. The Kier molecular flexibility index (Phi) is 7.43. The van der Waals surface area contributed by atoms with E-state index in [9.17, 15) is 4.79 Å². The normalized spacial score (nSPS) is 16.7. The number of aromatic nitrogens is 1. The highest BCUT2D eigenvalue weighted by Gasteiger charge is 2.26. The number of piperazine rings is 1. The van der Waals surface area contributed by atoms with Crippen LogP contribution >= 0.6 is 0 Å². The van der Waals surface area contributed by atoms with Gasteiger partial charge in [0, 0.05) is 60.9 Å². The summed E-state index contributed by atoms with van der Waals surface area (Å²) in [5, 5.41) is 11.0. The summed E-state index contributed by atoms with van der Waals surface area (Å²) in [7, 11) is 2.21. The minimum absolute atomic E-state index is 0.0819. The molecule has 1 atom stereocenters. The van der Waals surface area contributed by atoms with E-state index in [2.05, 4.69) is 101 Å². The Morgan fingerprint density at radius 2 is 1.41 bits per heavy atom. The van der Waals surface area contributed by atoms with E-state index in [4.69, 9.17) is 0 Å². The summed E-state index contributed by atoms with van der Waals surface area (Å²) in [6.07, 6.45) is 7.03. The number of benzene rings is 6. The second kappa shape index (κ2) is 12.2. The van der Waals surface area contributed by atoms with Gasteiger partial charge in [0.25, 0.3) is 5.91 Å². The van der Waals surface area contributed by atoms with Crippen molar-refractivity contribution in [2.24, 2.45) is 0 Å². The molecule has 0 bridgehead atoms. The maximum Gasteiger partial charge on any atom is 0.255 e. The lowest BCUT2D eigenvalue weighted by molar-refractivity contribution is 0.102. The molecule has 9 rings (SSSR count). The maximum absolute atomic E-state index is 13.7. The van der Waals surface area contributed by atoms with Crippen LogP contribution in [0.1, 0.15) is 39.4 Å². The molecule has 0 saturated carbocycles. The molecule has 5 heteroatoms. The van der Waals surface area contributed by atoms with Gasteiger partial charge < -0.3 is 19.7 Å². The molecule has 1 aromatic heterocycles. The number of fused-ring (bicyclic) bond motifs is 6. The fourth-order valence-corrected chi connectivity index (χ4v) is 8.19. The Balaban J connectivity index is 1.02. The fourth-order valence-electron chi connectivity index (χ4n) is 8.19. The van der Waals surface area contributed by atoms with Gasteiger partial charge in [-0.25, -0.2) is 0 Å². The van der Waals surface area contributed by atoms with Crippen molar-refractivity contribution < 1.29 is 4.79 Å². The number of nitrogens with zero attached hydrogens (tertiary/aromatic N) is 3. The molecule has 2 aliphatic rings. The van der Waals surface area contributed by atoms with Gasteiger partial charge in [-0.1, -0.05) is 66.7 Å². The zero-order valence-electron chi connectivity index (χ0n) is 27.9. The van der Waals surface area contributed by atoms with Crippen LogP contribution in [0.2, 0.25) is 0 Å². The van der Waals surface area contributed by atoms with Gasteiger partial charge in [0.05, 0.1) is 5.69 Å². The smallest absolute Gasteiger partial charge is 0.255 e. The lowest BCUT2D eigenvalue weighted by Crippen LogP contribution is -2.44. The summed E-state index contributed by atoms with van der Waals surface area (Å²) < 4.78 is 2.04. The van der Waals surface area contributed by atoms with E-state index in [0.717, 1.165) is 67.6 Å². The number of hydrogen-bond acceptors (Lipinski definition) is 3. The van der Waals surface area contributed by atoms with Crippen LogP contribution in [0.15, 0.2) is 128 Å². The van der Waals surface area contributed by atoms with Gasteiger partial charge in [0.2, 0.25) is 0 Å². The van der Waals surface area contributed by atoms with Crippen LogP contribution in [0.25, 0.3) is 38.0 Å². The molecule has 1 aliphatic carbocycles. The average molecular weight is 641 g/mol. The van der Waals surface area contributed by atoms with Gasteiger partial charge >= 0.3 is 0 Å². The molecule has 49 heavy (non-hydrogen) atoms. The summed E-state index contributed by atoms with van der Waals surface area (Å²) in [5.41, 5.74) is 8.07.